The molecule has 0 saturated carbocycles. The van der Waals surface area contributed by atoms with Crippen molar-refractivity contribution in [2.24, 2.45) is 7.05 Å². The summed E-state index contributed by atoms with van der Waals surface area (Å²) in [7, 11) is 1.53. The Morgan fingerprint density at radius 3 is 2.28 bits per heavy atom. The molecular formula is C12H10ClF3N2. The van der Waals surface area contributed by atoms with Crippen molar-refractivity contribution in [3.8, 4) is 11.4 Å². The first-order valence-electron chi connectivity index (χ1n) is 5.17. The van der Waals surface area contributed by atoms with E-state index in [1.807, 2.05) is 0 Å². The summed E-state index contributed by atoms with van der Waals surface area (Å²) in [6.07, 6.45) is -3.45. The van der Waals surface area contributed by atoms with Gasteiger partial charge in [-0.05, 0) is 5.56 Å². The summed E-state index contributed by atoms with van der Waals surface area (Å²) in [6.45, 7) is 0. The summed E-state index contributed by atoms with van der Waals surface area (Å²) < 4.78 is 38.9. The quantitative estimate of drug-likeness (QED) is 0.761. The monoisotopic (exact) mass is 274 g/mol. The Morgan fingerprint density at radius 1 is 1.22 bits per heavy atom. The SMILES string of the molecule is Cn1cc(C(F)(F)F)nc1-c1ccc(CCl)cc1. The third kappa shape index (κ3) is 2.51. The molecule has 18 heavy (non-hydrogen) atoms. The zero-order valence-corrected chi connectivity index (χ0v) is 10.3. The van der Waals surface area contributed by atoms with Gasteiger partial charge in [-0.15, -0.1) is 11.6 Å². The maximum atomic E-state index is 12.5. The third-order valence-corrected chi connectivity index (χ3v) is 2.84. The molecule has 0 amide bonds. The first-order valence-corrected chi connectivity index (χ1v) is 5.71. The fourth-order valence-corrected chi connectivity index (χ4v) is 1.79. The van der Waals surface area contributed by atoms with Gasteiger partial charge in [0.1, 0.15) is 5.82 Å². The molecule has 0 unspecified atom stereocenters. The molecule has 0 saturated heterocycles. The topological polar surface area (TPSA) is 17.8 Å². The van der Waals surface area contributed by atoms with E-state index in [0.717, 1.165) is 11.8 Å². The molecule has 0 aliphatic rings. The number of halogens is 4. The Hall–Kier alpha value is -1.49. The van der Waals surface area contributed by atoms with Crippen molar-refractivity contribution in [3.63, 3.8) is 0 Å². The Bertz CT molecular complexity index is 543. The lowest BCUT2D eigenvalue weighted by Crippen LogP contribution is -2.04. The second-order valence-corrected chi connectivity index (χ2v) is 4.16. The van der Waals surface area contributed by atoms with Crippen LogP contribution in [-0.4, -0.2) is 9.55 Å². The number of nitrogens with zero attached hydrogens (tertiary/aromatic N) is 2. The highest BCUT2D eigenvalue weighted by atomic mass is 35.5. The third-order valence-electron chi connectivity index (χ3n) is 2.53. The number of aryl methyl sites for hydroxylation is 1. The molecule has 1 aromatic carbocycles. The maximum Gasteiger partial charge on any atom is 0.434 e. The number of imidazole rings is 1. The van der Waals surface area contributed by atoms with E-state index in [1.54, 1.807) is 24.3 Å². The predicted octanol–water partition coefficient (Wildman–Crippen LogP) is 3.84. The molecule has 0 bridgehead atoms. The van der Waals surface area contributed by atoms with Crippen molar-refractivity contribution in [2.75, 3.05) is 0 Å². The van der Waals surface area contributed by atoms with E-state index in [2.05, 4.69) is 4.98 Å². The standard InChI is InChI=1S/C12H10ClF3N2/c1-18-7-10(12(14,15)16)17-11(18)9-4-2-8(6-13)3-5-9/h2-5,7H,6H2,1H3. The van der Waals surface area contributed by atoms with Gasteiger partial charge in [0.2, 0.25) is 0 Å². The molecule has 0 N–H and O–H groups in total. The lowest BCUT2D eigenvalue weighted by molar-refractivity contribution is -0.140. The Kier molecular flexibility index (Phi) is 3.34. The van der Waals surface area contributed by atoms with Crippen LogP contribution in [0.25, 0.3) is 11.4 Å². The second kappa shape index (κ2) is 4.65. The summed E-state index contributed by atoms with van der Waals surface area (Å²) in [5.74, 6) is 0.651. The minimum absolute atomic E-state index is 0.281. The van der Waals surface area contributed by atoms with E-state index in [4.69, 9.17) is 11.6 Å². The van der Waals surface area contributed by atoms with Crippen LogP contribution in [0, 0.1) is 0 Å². The highest BCUT2D eigenvalue weighted by molar-refractivity contribution is 6.17. The van der Waals surface area contributed by atoms with Crippen LogP contribution in [0.4, 0.5) is 13.2 Å². The van der Waals surface area contributed by atoms with Gasteiger partial charge in [-0.1, -0.05) is 24.3 Å². The van der Waals surface area contributed by atoms with Crippen LogP contribution in [0.5, 0.6) is 0 Å². The Balaban J connectivity index is 2.41. The molecule has 1 heterocycles. The van der Waals surface area contributed by atoms with E-state index in [0.29, 0.717) is 11.4 Å². The van der Waals surface area contributed by atoms with Crippen molar-refractivity contribution < 1.29 is 13.2 Å². The number of hydrogen-bond acceptors (Lipinski definition) is 1. The molecule has 6 heteroatoms. The molecule has 0 atom stereocenters. The van der Waals surface area contributed by atoms with E-state index in [9.17, 15) is 13.2 Å². The molecular weight excluding hydrogens is 265 g/mol. The van der Waals surface area contributed by atoms with Gasteiger partial charge in [-0.2, -0.15) is 13.2 Å². The lowest BCUT2D eigenvalue weighted by atomic mass is 10.1. The first-order chi connectivity index (χ1) is 8.41. The van der Waals surface area contributed by atoms with Crippen LogP contribution in [0.3, 0.4) is 0 Å². The van der Waals surface area contributed by atoms with Gasteiger partial charge in [-0.3, -0.25) is 0 Å². The van der Waals surface area contributed by atoms with Crippen molar-refractivity contribution in [2.45, 2.75) is 12.1 Å². The van der Waals surface area contributed by atoms with Gasteiger partial charge in [-0.25, -0.2) is 4.98 Å². The average molecular weight is 275 g/mol. The van der Waals surface area contributed by atoms with Gasteiger partial charge in [0.25, 0.3) is 0 Å². The van der Waals surface area contributed by atoms with E-state index in [1.165, 1.54) is 11.6 Å². The van der Waals surface area contributed by atoms with Crippen molar-refractivity contribution in [3.05, 3.63) is 41.7 Å². The van der Waals surface area contributed by atoms with Gasteiger partial charge in [0.15, 0.2) is 5.69 Å². The van der Waals surface area contributed by atoms with E-state index in [-0.39, 0.29) is 5.82 Å². The number of hydrogen-bond donors (Lipinski definition) is 0. The minimum Gasteiger partial charge on any atom is -0.333 e. The molecule has 0 fully saturated rings. The zero-order chi connectivity index (χ0) is 13.3. The normalized spacial score (nSPS) is 11.8. The highest BCUT2D eigenvalue weighted by Crippen LogP contribution is 2.30. The number of benzene rings is 1. The Labute approximate surface area is 107 Å². The van der Waals surface area contributed by atoms with Crippen molar-refractivity contribution in [1.29, 1.82) is 0 Å². The highest BCUT2D eigenvalue weighted by Gasteiger charge is 2.34. The first kappa shape index (κ1) is 13.0. The van der Waals surface area contributed by atoms with Crippen LogP contribution in [0.1, 0.15) is 11.3 Å². The number of alkyl halides is 4. The molecule has 0 radical (unpaired) electrons. The molecule has 0 aliphatic heterocycles. The second-order valence-electron chi connectivity index (χ2n) is 3.89. The average Bonchev–Trinajstić information content (AvgIpc) is 2.71. The van der Waals surface area contributed by atoms with E-state index >= 15 is 0 Å². The van der Waals surface area contributed by atoms with Gasteiger partial charge >= 0.3 is 6.18 Å². The molecule has 1 aromatic heterocycles. The van der Waals surface area contributed by atoms with Gasteiger partial charge in [0.05, 0.1) is 0 Å². The van der Waals surface area contributed by atoms with Gasteiger partial charge < -0.3 is 4.57 Å². The molecule has 2 rings (SSSR count). The van der Waals surface area contributed by atoms with Crippen LogP contribution >= 0.6 is 11.6 Å². The van der Waals surface area contributed by atoms with Gasteiger partial charge in [0, 0.05) is 24.7 Å². The van der Waals surface area contributed by atoms with Crippen molar-refractivity contribution in [1.82, 2.24) is 9.55 Å². The number of aromatic nitrogens is 2. The van der Waals surface area contributed by atoms with Crippen molar-refractivity contribution >= 4 is 11.6 Å². The van der Waals surface area contributed by atoms with Crippen LogP contribution in [0.2, 0.25) is 0 Å². The lowest BCUT2D eigenvalue weighted by Gasteiger charge is -2.02. The summed E-state index contributed by atoms with van der Waals surface area (Å²) in [6, 6.07) is 6.95. The van der Waals surface area contributed by atoms with E-state index < -0.39 is 11.9 Å². The summed E-state index contributed by atoms with van der Waals surface area (Å²) in [5, 5.41) is 0. The molecule has 96 valence electrons. The zero-order valence-electron chi connectivity index (χ0n) is 9.50. The molecule has 0 spiro atoms. The van der Waals surface area contributed by atoms with Crippen LogP contribution in [-0.2, 0) is 19.1 Å². The number of rotatable bonds is 2. The molecule has 2 nitrogen and oxygen atoms in total. The maximum absolute atomic E-state index is 12.5. The smallest absolute Gasteiger partial charge is 0.333 e. The molecule has 2 aromatic rings. The predicted molar refractivity (Wildman–Crippen MR) is 63.2 cm³/mol. The minimum atomic E-state index is -4.42. The van der Waals surface area contributed by atoms with Crippen LogP contribution in [0.15, 0.2) is 30.5 Å². The fourth-order valence-electron chi connectivity index (χ4n) is 1.61. The summed E-state index contributed by atoms with van der Waals surface area (Å²) in [5.41, 5.74) is 0.647. The summed E-state index contributed by atoms with van der Waals surface area (Å²) >= 11 is 5.65. The largest absolute Gasteiger partial charge is 0.434 e. The molecule has 0 aliphatic carbocycles. The summed E-state index contributed by atoms with van der Waals surface area (Å²) in [4.78, 5) is 3.61. The Morgan fingerprint density at radius 2 is 1.83 bits per heavy atom. The van der Waals surface area contributed by atoms with Crippen LogP contribution < -0.4 is 0 Å². The fraction of sp³-hybridized carbons (Fsp3) is 0.250.